The fourth-order valence-electron chi connectivity index (χ4n) is 2.54. The molecule has 0 saturated carbocycles. The average molecular weight is 450 g/mol. The van der Waals surface area contributed by atoms with Gasteiger partial charge in [0.25, 0.3) is 0 Å². The predicted molar refractivity (Wildman–Crippen MR) is 109 cm³/mol. The second kappa shape index (κ2) is 13.9. The van der Waals surface area contributed by atoms with Crippen molar-refractivity contribution in [2.75, 3.05) is 6.54 Å². The minimum absolute atomic E-state index is 0.0919. The van der Waals surface area contributed by atoms with Crippen LogP contribution in [0, 0.1) is 0 Å². The van der Waals surface area contributed by atoms with Crippen LogP contribution in [-0.4, -0.2) is 93.1 Å². The van der Waals surface area contributed by atoms with Crippen LogP contribution in [-0.2, 0) is 19.2 Å². The molecule has 31 heavy (non-hydrogen) atoms. The SMILES string of the molecule is CC(O)C(N)C(=O)NC(C(=O)NC(CCCCN)C(=O)NC(C(=O)O)C(C)O)C(C)O. The summed E-state index contributed by atoms with van der Waals surface area (Å²) in [7, 11) is 0. The van der Waals surface area contributed by atoms with E-state index >= 15 is 0 Å². The lowest BCUT2D eigenvalue weighted by molar-refractivity contribution is -0.145. The van der Waals surface area contributed by atoms with Crippen LogP contribution in [0.25, 0.3) is 0 Å². The number of aliphatic carboxylic acids is 1. The standard InChI is InChI=1S/C18H35N5O8/c1-8(24)12(20)16(28)22-13(9(2)25)17(29)21-11(6-4-5-7-19)15(27)23-14(10(3)26)18(30)31/h8-14,24-26H,4-7,19-20H2,1-3H3,(H,21,29)(H,22,28)(H,23,27)(H,30,31). The number of hydrogen-bond acceptors (Lipinski definition) is 9. The van der Waals surface area contributed by atoms with E-state index in [1.807, 2.05) is 0 Å². The molecular weight excluding hydrogens is 414 g/mol. The molecule has 0 aliphatic carbocycles. The summed E-state index contributed by atoms with van der Waals surface area (Å²) in [4.78, 5) is 48.5. The van der Waals surface area contributed by atoms with Crippen LogP contribution >= 0.6 is 0 Å². The first-order chi connectivity index (χ1) is 14.3. The van der Waals surface area contributed by atoms with Gasteiger partial charge in [-0.2, -0.15) is 0 Å². The molecule has 0 saturated heterocycles. The summed E-state index contributed by atoms with van der Waals surface area (Å²) in [5.41, 5.74) is 11.0. The number of carbonyl (C=O) groups excluding carboxylic acids is 3. The van der Waals surface area contributed by atoms with Crippen molar-refractivity contribution in [2.24, 2.45) is 11.5 Å². The third-order valence-electron chi connectivity index (χ3n) is 4.51. The topological polar surface area (TPSA) is 237 Å². The number of unbranched alkanes of at least 4 members (excludes halogenated alkanes) is 1. The molecule has 0 aromatic heterocycles. The number of carboxylic acids is 1. The molecule has 0 aromatic carbocycles. The largest absolute Gasteiger partial charge is 0.480 e. The van der Waals surface area contributed by atoms with Crippen LogP contribution in [0.5, 0.6) is 0 Å². The highest BCUT2D eigenvalue weighted by Crippen LogP contribution is 2.05. The van der Waals surface area contributed by atoms with E-state index in [-0.39, 0.29) is 6.42 Å². The van der Waals surface area contributed by atoms with Gasteiger partial charge in [-0.15, -0.1) is 0 Å². The number of carbonyl (C=O) groups is 4. The Morgan fingerprint density at radius 2 is 1.29 bits per heavy atom. The van der Waals surface area contributed by atoms with Crippen LogP contribution in [0.1, 0.15) is 40.0 Å². The molecule has 13 heteroatoms. The van der Waals surface area contributed by atoms with Gasteiger partial charge in [-0.1, -0.05) is 0 Å². The van der Waals surface area contributed by atoms with E-state index < -0.39 is 66.2 Å². The molecule has 180 valence electrons. The minimum atomic E-state index is -1.60. The highest BCUT2D eigenvalue weighted by atomic mass is 16.4. The number of aliphatic hydroxyl groups is 3. The smallest absolute Gasteiger partial charge is 0.328 e. The molecular formula is C18H35N5O8. The Morgan fingerprint density at radius 1 is 0.774 bits per heavy atom. The molecule has 0 fully saturated rings. The van der Waals surface area contributed by atoms with Gasteiger partial charge in [0.15, 0.2) is 6.04 Å². The molecule has 13 nitrogen and oxygen atoms in total. The average Bonchev–Trinajstić information content (AvgIpc) is 2.67. The van der Waals surface area contributed by atoms with Crippen molar-refractivity contribution in [1.82, 2.24) is 16.0 Å². The highest BCUT2D eigenvalue weighted by molar-refractivity contribution is 5.94. The molecule has 0 aromatic rings. The van der Waals surface area contributed by atoms with Crippen molar-refractivity contribution in [1.29, 1.82) is 0 Å². The second-order valence-corrected chi connectivity index (χ2v) is 7.40. The van der Waals surface area contributed by atoms with Gasteiger partial charge in [-0.25, -0.2) is 4.79 Å². The van der Waals surface area contributed by atoms with E-state index in [0.29, 0.717) is 19.4 Å². The maximum Gasteiger partial charge on any atom is 0.328 e. The quantitative estimate of drug-likeness (QED) is 0.117. The van der Waals surface area contributed by atoms with Gasteiger partial charge in [-0.05, 0) is 46.6 Å². The Morgan fingerprint density at radius 3 is 1.71 bits per heavy atom. The third kappa shape index (κ3) is 10.0. The molecule has 0 bridgehead atoms. The van der Waals surface area contributed by atoms with Crippen LogP contribution in [0.15, 0.2) is 0 Å². The molecule has 0 heterocycles. The van der Waals surface area contributed by atoms with Gasteiger partial charge in [0.05, 0.1) is 18.3 Å². The van der Waals surface area contributed by atoms with E-state index in [1.165, 1.54) is 20.8 Å². The predicted octanol–water partition coefficient (Wildman–Crippen LogP) is -3.88. The molecule has 11 N–H and O–H groups in total. The van der Waals surface area contributed by atoms with Gasteiger partial charge in [0, 0.05) is 0 Å². The number of carboxylic acid groups (broad SMARTS) is 1. The number of nitrogens with two attached hydrogens (primary N) is 2. The number of rotatable bonds is 14. The molecule has 0 aliphatic rings. The summed E-state index contributed by atoms with van der Waals surface area (Å²) in [6, 6.07) is -5.66. The van der Waals surface area contributed by atoms with Crippen molar-refractivity contribution in [3.8, 4) is 0 Å². The lowest BCUT2D eigenvalue weighted by Gasteiger charge is -2.27. The monoisotopic (exact) mass is 449 g/mol. The van der Waals surface area contributed by atoms with Crippen molar-refractivity contribution >= 4 is 23.7 Å². The zero-order valence-corrected chi connectivity index (χ0v) is 17.9. The minimum Gasteiger partial charge on any atom is -0.480 e. The summed E-state index contributed by atoms with van der Waals surface area (Å²) in [5, 5.41) is 44.7. The first-order valence-electron chi connectivity index (χ1n) is 9.97. The Labute approximate surface area is 180 Å². The molecule has 7 atom stereocenters. The summed E-state index contributed by atoms with van der Waals surface area (Å²) in [6.45, 7) is 4.03. The second-order valence-electron chi connectivity index (χ2n) is 7.40. The fraction of sp³-hybridized carbons (Fsp3) is 0.778. The molecule has 0 spiro atoms. The zero-order valence-electron chi connectivity index (χ0n) is 17.9. The Balaban J connectivity index is 5.44. The number of hydrogen-bond donors (Lipinski definition) is 9. The third-order valence-corrected chi connectivity index (χ3v) is 4.51. The van der Waals surface area contributed by atoms with E-state index in [4.69, 9.17) is 16.6 Å². The zero-order chi connectivity index (χ0) is 24.3. The van der Waals surface area contributed by atoms with Crippen molar-refractivity contribution < 1.29 is 39.6 Å². The van der Waals surface area contributed by atoms with Crippen molar-refractivity contribution in [3.63, 3.8) is 0 Å². The Bertz CT molecular complexity index is 614. The van der Waals surface area contributed by atoms with E-state index in [0.717, 1.165) is 0 Å². The molecule has 0 aliphatic heterocycles. The van der Waals surface area contributed by atoms with Crippen LogP contribution in [0.3, 0.4) is 0 Å². The van der Waals surface area contributed by atoms with E-state index in [2.05, 4.69) is 16.0 Å². The number of amides is 3. The lowest BCUT2D eigenvalue weighted by Crippen LogP contribution is -2.61. The van der Waals surface area contributed by atoms with Gasteiger partial charge < -0.3 is 47.8 Å². The molecule has 0 radical (unpaired) electrons. The van der Waals surface area contributed by atoms with Crippen LogP contribution < -0.4 is 27.4 Å². The fourth-order valence-corrected chi connectivity index (χ4v) is 2.54. The van der Waals surface area contributed by atoms with E-state index in [1.54, 1.807) is 0 Å². The molecule has 7 unspecified atom stereocenters. The van der Waals surface area contributed by atoms with Gasteiger partial charge in [0.1, 0.15) is 18.1 Å². The molecule has 3 amide bonds. The summed E-state index contributed by atoms with van der Waals surface area (Å²) >= 11 is 0. The summed E-state index contributed by atoms with van der Waals surface area (Å²) < 4.78 is 0. The van der Waals surface area contributed by atoms with E-state index in [9.17, 15) is 34.5 Å². The van der Waals surface area contributed by atoms with Crippen LogP contribution in [0.4, 0.5) is 0 Å². The Kier molecular flexibility index (Phi) is 12.8. The van der Waals surface area contributed by atoms with Crippen molar-refractivity contribution in [2.45, 2.75) is 82.5 Å². The lowest BCUT2D eigenvalue weighted by atomic mass is 10.0. The summed E-state index contributed by atoms with van der Waals surface area (Å²) in [5.74, 6) is -4.13. The normalized spacial score (nSPS) is 17.9. The Hall–Kier alpha value is -2.32. The maximum absolute atomic E-state index is 12.7. The highest BCUT2D eigenvalue weighted by Gasteiger charge is 2.33. The molecule has 0 rings (SSSR count). The van der Waals surface area contributed by atoms with Gasteiger partial charge in [-0.3, -0.25) is 14.4 Å². The summed E-state index contributed by atoms with van der Waals surface area (Å²) in [6.07, 6.45) is -2.94. The van der Waals surface area contributed by atoms with Crippen LogP contribution in [0.2, 0.25) is 0 Å². The maximum atomic E-state index is 12.7. The number of aliphatic hydroxyl groups excluding tert-OH is 3. The van der Waals surface area contributed by atoms with Gasteiger partial charge >= 0.3 is 5.97 Å². The first kappa shape index (κ1) is 28.7. The van der Waals surface area contributed by atoms with Crippen molar-refractivity contribution in [3.05, 3.63) is 0 Å². The van der Waals surface area contributed by atoms with Gasteiger partial charge in [0.2, 0.25) is 17.7 Å². The first-order valence-corrected chi connectivity index (χ1v) is 9.97. The number of nitrogens with one attached hydrogen (secondary N) is 3.